The number of nitrogens with two attached hydrogens (primary N) is 2. The zero-order chi connectivity index (χ0) is 20.4. The molecule has 1 aliphatic rings. The van der Waals surface area contributed by atoms with Crippen LogP contribution in [0.2, 0.25) is 0 Å². The molecule has 3 aromatic rings. The number of benzene rings is 1. The lowest BCUT2D eigenvalue weighted by molar-refractivity contribution is -0.134. The van der Waals surface area contributed by atoms with Gasteiger partial charge in [-0.3, -0.25) is 14.0 Å². The Morgan fingerprint density at radius 3 is 2.59 bits per heavy atom. The molecule has 0 bridgehead atoms. The van der Waals surface area contributed by atoms with Gasteiger partial charge in [-0.05, 0) is 24.8 Å². The van der Waals surface area contributed by atoms with E-state index in [4.69, 9.17) is 16.5 Å². The standard InChI is InChI=1S/C21H25N5O2S/c22-16(6-7-18(23)27)19(28)25-10-8-21(9-11-25,15-4-2-1-3-5-15)17-14-26-12-13-29-20(26)24-17/h1-5,12-14,16H,6-11,22H2,(H2,23,27)/t16-/m0/s1. The van der Waals surface area contributed by atoms with Crippen LogP contribution < -0.4 is 11.5 Å². The van der Waals surface area contributed by atoms with E-state index in [0.29, 0.717) is 13.1 Å². The van der Waals surface area contributed by atoms with Gasteiger partial charge in [0.25, 0.3) is 0 Å². The van der Waals surface area contributed by atoms with Crippen LogP contribution in [0, 0.1) is 0 Å². The van der Waals surface area contributed by atoms with Gasteiger partial charge in [0.05, 0.1) is 11.7 Å². The van der Waals surface area contributed by atoms with Crippen molar-refractivity contribution in [1.29, 1.82) is 0 Å². The molecular weight excluding hydrogens is 386 g/mol. The van der Waals surface area contributed by atoms with Crippen molar-refractivity contribution >= 4 is 28.1 Å². The summed E-state index contributed by atoms with van der Waals surface area (Å²) in [5.74, 6) is -0.548. The van der Waals surface area contributed by atoms with Gasteiger partial charge in [-0.1, -0.05) is 30.3 Å². The molecule has 1 saturated heterocycles. The monoisotopic (exact) mass is 411 g/mol. The number of rotatable bonds is 6. The second-order valence-corrected chi connectivity index (χ2v) is 8.48. The molecule has 7 nitrogen and oxygen atoms in total. The van der Waals surface area contributed by atoms with Crippen molar-refractivity contribution in [3.05, 3.63) is 59.4 Å². The minimum atomic E-state index is -0.690. The van der Waals surface area contributed by atoms with Gasteiger partial charge in [0.1, 0.15) is 0 Å². The van der Waals surface area contributed by atoms with E-state index in [-0.39, 0.29) is 24.2 Å². The number of piperidine rings is 1. The van der Waals surface area contributed by atoms with Crippen molar-refractivity contribution in [2.75, 3.05) is 13.1 Å². The number of amides is 2. The Balaban J connectivity index is 1.57. The van der Waals surface area contributed by atoms with Gasteiger partial charge in [-0.15, -0.1) is 11.3 Å². The van der Waals surface area contributed by atoms with E-state index in [0.717, 1.165) is 23.5 Å². The number of likely N-dealkylation sites (tertiary alicyclic amines) is 1. The maximum absolute atomic E-state index is 12.7. The first-order chi connectivity index (χ1) is 14.0. The van der Waals surface area contributed by atoms with Crippen LogP contribution in [-0.2, 0) is 15.0 Å². The first-order valence-electron chi connectivity index (χ1n) is 9.80. The summed E-state index contributed by atoms with van der Waals surface area (Å²) in [6.45, 7) is 1.20. The fourth-order valence-electron chi connectivity index (χ4n) is 4.17. The van der Waals surface area contributed by atoms with Gasteiger partial charge in [-0.25, -0.2) is 4.98 Å². The van der Waals surface area contributed by atoms with Crippen molar-refractivity contribution < 1.29 is 9.59 Å². The van der Waals surface area contributed by atoms with Crippen molar-refractivity contribution in [3.8, 4) is 0 Å². The highest BCUT2D eigenvalue weighted by Gasteiger charge is 2.41. The molecule has 0 radical (unpaired) electrons. The minimum Gasteiger partial charge on any atom is -0.370 e. The van der Waals surface area contributed by atoms with Crippen molar-refractivity contribution in [2.45, 2.75) is 37.1 Å². The minimum absolute atomic E-state index is 0.112. The third-order valence-electron chi connectivity index (χ3n) is 5.86. The fourth-order valence-corrected chi connectivity index (χ4v) is 4.87. The van der Waals surface area contributed by atoms with Crippen LogP contribution in [0.5, 0.6) is 0 Å². The Labute approximate surface area is 173 Å². The predicted molar refractivity (Wildman–Crippen MR) is 113 cm³/mol. The molecule has 152 valence electrons. The van der Waals surface area contributed by atoms with Gasteiger partial charge >= 0.3 is 0 Å². The number of hydrogen-bond donors (Lipinski definition) is 2. The van der Waals surface area contributed by atoms with Crippen LogP contribution in [0.4, 0.5) is 0 Å². The average molecular weight is 412 g/mol. The van der Waals surface area contributed by atoms with Crippen LogP contribution >= 0.6 is 11.3 Å². The summed E-state index contributed by atoms with van der Waals surface area (Å²) >= 11 is 1.62. The number of imidazole rings is 1. The third kappa shape index (κ3) is 3.77. The van der Waals surface area contributed by atoms with Crippen molar-refractivity contribution in [2.24, 2.45) is 11.5 Å². The third-order valence-corrected chi connectivity index (χ3v) is 6.63. The molecule has 0 aliphatic carbocycles. The average Bonchev–Trinajstić information content (AvgIpc) is 3.35. The van der Waals surface area contributed by atoms with Gasteiger partial charge in [0.2, 0.25) is 11.8 Å². The molecule has 3 heterocycles. The van der Waals surface area contributed by atoms with Gasteiger partial charge in [0.15, 0.2) is 4.96 Å². The predicted octanol–water partition coefficient (Wildman–Crippen LogP) is 1.90. The number of thiazole rings is 1. The lowest BCUT2D eigenvalue weighted by Gasteiger charge is -2.42. The van der Waals surface area contributed by atoms with Crippen molar-refractivity contribution in [1.82, 2.24) is 14.3 Å². The van der Waals surface area contributed by atoms with Crippen LogP contribution in [0.3, 0.4) is 0 Å². The molecular formula is C21H25N5O2S. The van der Waals surface area contributed by atoms with E-state index in [1.165, 1.54) is 5.56 Å². The Morgan fingerprint density at radius 2 is 1.93 bits per heavy atom. The molecule has 2 amide bonds. The quantitative estimate of drug-likeness (QED) is 0.646. The maximum atomic E-state index is 12.7. The lowest BCUT2D eigenvalue weighted by atomic mass is 9.70. The summed E-state index contributed by atoms with van der Waals surface area (Å²) in [7, 11) is 0. The normalized spacial score (nSPS) is 17.3. The number of carbonyl (C=O) groups excluding carboxylic acids is 2. The van der Waals surface area contributed by atoms with Crippen LogP contribution in [0.15, 0.2) is 48.1 Å². The highest BCUT2D eigenvalue weighted by atomic mass is 32.1. The van der Waals surface area contributed by atoms with Crippen LogP contribution in [0.25, 0.3) is 4.96 Å². The Morgan fingerprint density at radius 1 is 1.21 bits per heavy atom. The number of nitrogens with zero attached hydrogens (tertiary/aromatic N) is 3. The molecule has 29 heavy (non-hydrogen) atoms. The molecule has 0 saturated carbocycles. The van der Waals surface area contributed by atoms with E-state index in [9.17, 15) is 9.59 Å². The summed E-state index contributed by atoms with van der Waals surface area (Å²) in [5.41, 5.74) is 13.2. The van der Waals surface area contributed by atoms with E-state index in [1.807, 2.05) is 34.7 Å². The first-order valence-corrected chi connectivity index (χ1v) is 10.7. The highest BCUT2D eigenvalue weighted by molar-refractivity contribution is 7.15. The largest absolute Gasteiger partial charge is 0.370 e. The summed E-state index contributed by atoms with van der Waals surface area (Å²) in [6.07, 6.45) is 6.08. The summed E-state index contributed by atoms with van der Waals surface area (Å²) < 4.78 is 2.06. The summed E-state index contributed by atoms with van der Waals surface area (Å²) in [5, 5.41) is 2.02. The van der Waals surface area contributed by atoms with Crippen LogP contribution in [-0.4, -0.2) is 45.2 Å². The van der Waals surface area contributed by atoms with E-state index in [1.54, 1.807) is 11.3 Å². The summed E-state index contributed by atoms with van der Waals surface area (Å²) in [6, 6.07) is 9.70. The summed E-state index contributed by atoms with van der Waals surface area (Å²) in [4.78, 5) is 31.4. The number of hydrogen-bond acceptors (Lipinski definition) is 5. The molecule has 1 aliphatic heterocycles. The SMILES string of the molecule is NC(=O)CC[C@H](N)C(=O)N1CCC(c2ccccc2)(c2cn3ccsc3n2)CC1. The smallest absolute Gasteiger partial charge is 0.239 e. The maximum Gasteiger partial charge on any atom is 0.239 e. The first kappa shape index (κ1) is 19.6. The number of primary amides is 1. The topological polar surface area (TPSA) is 107 Å². The molecule has 2 aromatic heterocycles. The number of fused-ring (bicyclic) bond motifs is 1. The zero-order valence-electron chi connectivity index (χ0n) is 16.2. The van der Waals surface area contributed by atoms with Crippen molar-refractivity contribution in [3.63, 3.8) is 0 Å². The van der Waals surface area contributed by atoms with Crippen LogP contribution in [0.1, 0.15) is 36.9 Å². The van der Waals surface area contributed by atoms with E-state index >= 15 is 0 Å². The van der Waals surface area contributed by atoms with E-state index in [2.05, 4.69) is 22.7 Å². The lowest BCUT2D eigenvalue weighted by Crippen LogP contribution is -2.51. The van der Waals surface area contributed by atoms with E-state index < -0.39 is 11.9 Å². The molecule has 4 rings (SSSR count). The molecule has 1 aromatic carbocycles. The molecule has 0 spiro atoms. The molecule has 1 atom stereocenters. The Kier molecular flexibility index (Phi) is 5.38. The second kappa shape index (κ2) is 7.96. The molecule has 1 fully saturated rings. The van der Waals surface area contributed by atoms with Gasteiger partial charge in [0, 0.05) is 42.7 Å². The van der Waals surface area contributed by atoms with Gasteiger partial charge < -0.3 is 16.4 Å². The Hall–Kier alpha value is -2.71. The molecule has 0 unspecified atom stereocenters. The number of carbonyl (C=O) groups is 2. The highest BCUT2D eigenvalue weighted by Crippen LogP contribution is 2.41. The number of aromatic nitrogens is 2. The second-order valence-electron chi connectivity index (χ2n) is 7.60. The fraction of sp³-hybridized carbons (Fsp3) is 0.381. The molecule has 8 heteroatoms. The van der Waals surface area contributed by atoms with Gasteiger partial charge in [-0.2, -0.15) is 0 Å². The Bertz CT molecular complexity index is 976. The zero-order valence-corrected chi connectivity index (χ0v) is 17.0. The molecule has 4 N–H and O–H groups in total.